The second-order valence-corrected chi connectivity index (χ2v) is 2.10. The van der Waals surface area contributed by atoms with E-state index in [0.717, 1.165) is 5.46 Å². The molecule has 3 nitrogen and oxygen atoms in total. The van der Waals surface area contributed by atoms with Crippen molar-refractivity contribution in [2.75, 3.05) is 5.73 Å². The number of anilines is 1. The van der Waals surface area contributed by atoms with Gasteiger partial charge < -0.3 is 5.73 Å². The second kappa shape index (κ2) is 2.52. The van der Waals surface area contributed by atoms with E-state index < -0.39 is 0 Å². The number of hydrogen-bond donors (Lipinski definition) is 1. The van der Waals surface area contributed by atoms with E-state index in [4.69, 9.17) is 5.73 Å². The molecule has 0 aromatic carbocycles. The van der Waals surface area contributed by atoms with Gasteiger partial charge in [-0.2, -0.15) is 0 Å². The Bertz CT molecular complexity index is 262. The molecule has 50 valence electrons. The van der Waals surface area contributed by atoms with Crippen molar-refractivity contribution < 1.29 is 4.79 Å². The summed E-state index contributed by atoms with van der Waals surface area (Å²) >= 11 is 0. The van der Waals surface area contributed by atoms with Gasteiger partial charge in [-0.3, -0.25) is 4.79 Å². The zero-order valence-electron chi connectivity index (χ0n) is 5.66. The standard InChI is InChI=1S/C6H7BN2O/c7-5-1-4(3-10)6(8)9-2-5/h1-3H,7H2,(H2,8,9). The average molecular weight is 134 g/mol. The van der Waals surface area contributed by atoms with E-state index in [1.807, 2.05) is 7.85 Å². The van der Waals surface area contributed by atoms with Crippen molar-refractivity contribution in [3.05, 3.63) is 17.8 Å². The van der Waals surface area contributed by atoms with E-state index in [9.17, 15) is 4.79 Å². The highest BCUT2D eigenvalue weighted by atomic mass is 16.1. The monoisotopic (exact) mass is 134 g/mol. The molecule has 0 radical (unpaired) electrons. The van der Waals surface area contributed by atoms with Gasteiger partial charge in [-0.05, 0) is 0 Å². The maximum Gasteiger partial charge on any atom is 0.153 e. The molecule has 0 unspecified atom stereocenters. The van der Waals surface area contributed by atoms with Gasteiger partial charge in [-0.15, -0.1) is 0 Å². The summed E-state index contributed by atoms with van der Waals surface area (Å²) < 4.78 is 0. The molecule has 1 aromatic heterocycles. The summed E-state index contributed by atoms with van der Waals surface area (Å²) in [4.78, 5) is 14.1. The number of hydrogen-bond acceptors (Lipinski definition) is 3. The lowest BCUT2D eigenvalue weighted by Gasteiger charge is -1.96. The van der Waals surface area contributed by atoms with E-state index in [2.05, 4.69) is 4.98 Å². The van der Waals surface area contributed by atoms with Crippen LogP contribution in [0.25, 0.3) is 0 Å². The maximum absolute atomic E-state index is 10.3. The Morgan fingerprint density at radius 3 is 2.90 bits per heavy atom. The van der Waals surface area contributed by atoms with Crippen LogP contribution in [0.2, 0.25) is 0 Å². The fraction of sp³-hybridized carbons (Fsp3) is 0. The highest BCUT2D eigenvalue weighted by Crippen LogP contribution is 1.99. The summed E-state index contributed by atoms with van der Waals surface area (Å²) in [6.45, 7) is 0. The molecule has 0 saturated heterocycles. The van der Waals surface area contributed by atoms with E-state index in [1.54, 1.807) is 12.3 Å². The number of nitrogens with zero attached hydrogens (tertiary/aromatic N) is 1. The number of nitrogen functional groups attached to an aromatic ring is 1. The van der Waals surface area contributed by atoms with Crippen LogP contribution in [0.1, 0.15) is 10.4 Å². The SMILES string of the molecule is Bc1cnc(N)c(C=O)c1. The predicted octanol–water partition coefficient (Wildman–Crippen LogP) is -1.27. The van der Waals surface area contributed by atoms with E-state index in [-0.39, 0.29) is 0 Å². The number of rotatable bonds is 1. The third-order valence-corrected chi connectivity index (χ3v) is 1.21. The van der Waals surface area contributed by atoms with E-state index in [0.29, 0.717) is 17.7 Å². The van der Waals surface area contributed by atoms with Crippen molar-refractivity contribution in [2.45, 2.75) is 0 Å². The first-order valence-electron chi connectivity index (χ1n) is 2.91. The molecule has 4 heteroatoms. The molecule has 0 fully saturated rings. The number of aldehydes is 1. The molecule has 0 spiro atoms. The molecule has 1 aromatic rings. The van der Waals surface area contributed by atoms with Crippen LogP contribution < -0.4 is 11.2 Å². The van der Waals surface area contributed by atoms with E-state index >= 15 is 0 Å². The first-order chi connectivity index (χ1) is 4.74. The van der Waals surface area contributed by atoms with Crippen LogP contribution >= 0.6 is 0 Å². The molecule has 0 aliphatic rings. The molecular weight excluding hydrogens is 127 g/mol. The third-order valence-electron chi connectivity index (χ3n) is 1.21. The Morgan fingerprint density at radius 2 is 2.40 bits per heavy atom. The van der Waals surface area contributed by atoms with Crippen LogP contribution in [0.4, 0.5) is 5.82 Å². The molecule has 1 rings (SSSR count). The molecule has 0 amide bonds. The van der Waals surface area contributed by atoms with Crippen molar-refractivity contribution in [1.29, 1.82) is 0 Å². The maximum atomic E-state index is 10.3. The Labute approximate surface area is 59.7 Å². The largest absolute Gasteiger partial charge is 0.383 e. The topological polar surface area (TPSA) is 56.0 Å². The molecule has 0 atom stereocenters. The predicted molar refractivity (Wildman–Crippen MR) is 42.2 cm³/mol. The number of carbonyl (C=O) groups excluding carboxylic acids is 1. The third kappa shape index (κ3) is 1.15. The van der Waals surface area contributed by atoms with Gasteiger partial charge in [0, 0.05) is 6.20 Å². The number of aromatic nitrogens is 1. The summed E-state index contributed by atoms with van der Waals surface area (Å²) in [5.74, 6) is 0.292. The first-order valence-corrected chi connectivity index (χ1v) is 2.91. The first kappa shape index (κ1) is 6.80. The quantitative estimate of drug-likeness (QED) is 0.385. The minimum absolute atomic E-state index is 0.292. The van der Waals surface area contributed by atoms with Crippen LogP contribution in [-0.2, 0) is 0 Å². The van der Waals surface area contributed by atoms with Crippen LogP contribution in [0.15, 0.2) is 12.3 Å². The van der Waals surface area contributed by atoms with Crippen LogP contribution in [0.3, 0.4) is 0 Å². The van der Waals surface area contributed by atoms with Gasteiger partial charge >= 0.3 is 0 Å². The van der Waals surface area contributed by atoms with Crippen LogP contribution in [0.5, 0.6) is 0 Å². The molecule has 0 saturated carbocycles. The fourth-order valence-corrected chi connectivity index (χ4v) is 0.697. The second-order valence-electron chi connectivity index (χ2n) is 2.10. The van der Waals surface area contributed by atoms with Crippen molar-refractivity contribution in [1.82, 2.24) is 4.98 Å². The lowest BCUT2D eigenvalue weighted by Crippen LogP contribution is -2.07. The van der Waals surface area contributed by atoms with Crippen molar-refractivity contribution in [3.8, 4) is 0 Å². The van der Waals surface area contributed by atoms with E-state index in [1.165, 1.54) is 0 Å². The summed E-state index contributed by atoms with van der Waals surface area (Å²) in [6.07, 6.45) is 2.33. The molecule has 0 aliphatic carbocycles. The normalized spacial score (nSPS) is 9.20. The lowest BCUT2D eigenvalue weighted by atomic mass is 9.97. The van der Waals surface area contributed by atoms with Gasteiger partial charge in [0.05, 0.1) is 5.56 Å². The van der Waals surface area contributed by atoms with Crippen LogP contribution in [0, 0.1) is 0 Å². The Hall–Kier alpha value is -1.32. The van der Waals surface area contributed by atoms with Crippen molar-refractivity contribution >= 4 is 25.4 Å². The Kier molecular flexibility index (Phi) is 1.71. The van der Waals surface area contributed by atoms with Gasteiger partial charge in [0.1, 0.15) is 13.7 Å². The Morgan fingerprint density at radius 1 is 1.70 bits per heavy atom. The summed E-state index contributed by atoms with van der Waals surface area (Å²) in [7, 11) is 1.86. The molecule has 10 heavy (non-hydrogen) atoms. The van der Waals surface area contributed by atoms with Crippen molar-refractivity contribution in [2.24, 2.45) is 0 Å². The lowest BCUT2D eigenvalue weighted by molar-refractivity contribution is 0.112. The zero-order valence-corrected chi connectivity index (χ0v) is 5.66. The summed E-state index contributed by atoms with van der Waals surface area (Å²) in [5, 5.41) is 0. The summed E-state index contributed by atoms with van der Waals surface area (Å²) in [5.41, 5.74) is 6.76. The highest BCUT2D eigenvalue weighted by molar-refractivity contribution is 6.32. The molecule has 0 bridgehead atoms. The van der Waals surface area contributed by atoms with Gasteiger partial charge in [-0.1, -0.05) is 11.5 Å². The fourth-order valence-electron chi connectivity index (χ4n) is 0.697. The summed E-state index contributed by atoms with van der Waals surface area (Å²) in [6, 6.07) is 1.70. The minimum Gasteiger partial charge on any atom is -0.383 e. The highest BCUT2D eigenvalue weighted by Gasteiger charge is 1.96. The average Bonchev–Trinajstić information content (AvgIpc) is 1.94. The van der Waals surface area contributed by atoms with Crippen molar-refractivity contribution in [3.63, 3.8) is 0 Å². The molecule has 2 N–H and O–H groups in total. The minimum atomic E-state index is 0.292. The number of carbonyl (C=O) groups is 1. The number of nitrogens with two attached hydrogens (primary N) is 1. The molecule has 1 heterocycles. The van der Waals surface area contributed by atoms with Gasteiger partial charge in [0.15, 0.2) is 6.29 Å². The van der Waals surface area contributed by atoms with Gasteiger partial charge in [-0.25, -0.2) is 4.98 Å². The smallest absolute Gasteiger partial charge is 0.153 e. The Balaban J connectivity index is 3.21. The molecule has 0 aliphatic heterocycles. The zero-order chi connectivity index (χ0) is 7.56. The van der Waals surface area contributed by atoms with Gasteiger partial charge in [0.2, 0.25) is 0 Å². The number of pyridine rings is 1. The molecular formula is C6H7BN2O. The van der Waals surface area contributed by atoms with Crippen LogP contribution in [-0.4, -0.2) is 19.1 Å². The van der Waals surface area contributed by atoms with Gasteiger partial charge in [0.25, 0.3) is 0 Å².